The fourth-order valence-corrected chi connectivity index (χ4v) is 11.5. The van der Waals surface area contributed by atoms with E-state index in [9.17, 15) is 0 Å². The lowest BCUT2D eigenvalue weighted by Gasteiger charge is -2.45. The molecule has 8 heteroatoms. The molecule has 3 aromatic rings. The molecular formula is C37H50ClNO4SSi. The number of hydrogen-bond acceptors (Lipinski definition) is 6. The fourth-order valence-electron chi connectivity index (χ4n) is 5.97. The highest BCUT2D eigenvalue weighted by Gasteiger charge is 2.51. The highest BCUT2D eigenvalue weighted by Crippen LogP contribution is 2.39. The van der Waals surface area contributed by atoms with E-state index < -0.39 is 8.32 Å². The fraction of sp³-hybridized carbons (Fsp3) is 0.486. The van der Waals surface area contributed by atoms with Crippen LogP contribution >= 0.6 is 22.9 Å². The molecule has 0 N–H and O–H groups in total. The monoisotopic (exact) mass is 667 g/mol. The minimum absolute atomic E-state index is 0.0724. The van der Waals surface area contributed by atoms with Gasteiger partial charge in [-0.25, -0.2) is 4.98 Å². The van der Waals surface area contributed by atoms with E-state index in [0.29, 0.717) is 24.7 Å². The van der Waals surface area contributed by atoms with Crippen LogP contribution in [-0.4, -0.2) is 45.5 Å². The molecule has 2 heterocycles. The normalized spacial score (nSPS) is 18.4. The molecule has 4 atom stereocenters. The van der Waals surface area contributed by atoms with Crippen LogP contribution in [-0.2, 0) is 18.6 Å². The Morgan fingerprint density at radius 1 is 1.11 bits per heavy atom. The number of benzene rings is 2. The molecule has 0 amide bonds. The third kappa shape index (κ3) is 9.47. The van der Waals surface area contributed by atoms with E-state index >= 15 is 0 Å². The van der Waals surface area contributed by atoms with Crippen LogP contribution in [0.1, 0.15) is 77.1 Å². The van der Waals surface area contributed by atoms with Crippen molar-refractivity contribution in [2.75, 3.05) is 19.8 Å². The van der Waals surface area contributed by atoms with Crippen LogP contribution in [0.15, 0.2) is 89.3 Å². The van der Waals surface area contributed by atoms with Crippen LogP contribution in [0.2, 0.25) is 5.04 Å². The standard InChI is InChI=1S/C37H50ClNO4SSi/c1-27(2)34(43-45(37(5,6)7,31-16-10-8-11-17-31)32-18-12-9-13-19-32)22-21-30(38)25-40-24-28(3)36(33-26-44-29(4)39-33)42-35-20-14-15-23-41-35/h8-13,16-19,21,26,28,34-36H,1,14-15,20,22-25H2,2-7H3/b30-21-/t28-,34-,35?,36?/m0/s1. The van der Waals surface area contributed by atoms with Crippen LogP contribution in [0, 0.1) is 12.8 Å². The molecule has 0 saturated carbocycles. The lowest BCUT2D eigenvalue weighted by atomic mass is 10.0. The van der Waals surface area contributed by atoms with Crippen LogP contribution < -0.4 is 10.4 Å². The minimum atomic E-state index is -2.74. The Bertz CT molecular complexity index is 1330. The Balaban J connectivity index is 1.45. The van der Waals surface area contributed by atoms with Gasteiger partial charge < -0.3 is 18.6 Å². The summed E-state index contributed by atoms with van der Waals surface area (Å²) in [6.07, 6.45) is 5.13. The first-order valence-corrected chi connectivity index (χ1v) is 19.2. The van der Waals surface area contributed by atoms with Gasteiger partial charge in [0.25, 0.3) is 8.32 Å². The number of thiazole rings is 1. The average molecular weight is 668 g/mol. The zero-order chi connectivity index (χ0) is 32.5. The molecule has 0 aliphatic carbocycles. The summed E-state index contributed by atoms with van der Waals surface area (Å²) in [5.74, 6) is 0.0724. The van der Waals surface area contributed by atoms with E-state index in [-0.39, 0.29) is 29.5 Å². The lowest BCUT2D eigenvalue weighted by molar-refractivity contribution is -0.203. The summed E-state index contributed by atoms with van der Waals surface area (Å²) in [6.45, 7) is 18.9. The average Bonchev–Trinajstić information content (AvgIpc) is 3.46. The van der Waals surface area contributed by atoms with Crippen molar-refractivity contribution in [3.05, 3.63) is 100 Å². The second-order valence-electron chi connectivity index (χ2n) is 13.1. The lowest BCUT2D eigenvalue weighted by Crippen LogP contribution is -2.67. The second kappa shape index (κ2) is 16.6. The Kier molecular flexibility index (Phi) is 13.2. The molecule has 1 fully saturated rings. The van der Waals surface area contributed by atoms with E-state index in [2.05, 4.69) is 100 Å². The number of halogens is 1. The minimum Gasteiger partial charge on any atom is -0.401 e. The Labute approximate surface area is 280 Å². The molecule has 45 heavy (non-hydrogen) atoms. The zero-order valence-corrected chi connectivity index (χ0v) is 30.3. The van der Waals surface area contributed by atoms with E-state index in [0.717, 1.165) is 42.1 Å². The zero-order valence-electron chi connectivity index (χ0n) is 27.8. The van der Waals surface area contributed by atoms with Gasteiger partial charge in [-0.3, -0.25) is 0 Å². The second-order valence-corrected chi connectivity index (χ2v) is 18.9. The Morgan fingerprint density at radius 2 is 1.76 bits per heavy atom. The number of nitrogens with zero attached hydrogens (tertiary/aromatic N) is 1. The molecule has 1 aliphatic rings. The van der Waals surface area contributed by atoms with Crippen molar-refractivity contribution in [2.24, 2.45) is 5.92 Å². The van der Waals surface area contributed by atoms with Gasteiger partial charge >= 0.3 is 0 Å². The maximum absolute atomic E-state index is 7.34. The first-order chi connectivity index (χ1) is 21.5. The largest absolute Gasteiger partial charge is 0.401 e. The van der Waals surface area contributed by atoms with E-state index in [4.69, 9.17) is 35.2 Å². The molecule has 1 aromatic heterocycles. The number of hydrogen-bond donors (Lipinski definition) is 0. The first kappa shape index (κ1) is 35.7. The van der Waals surface area contributed by atoms with E-state index in [1.165, 1.54) is 10.4 Å². The molecule has 5 nitrogen and oxygen atoms in total. The summed E-state index contributed by atoms with van der Waals surface area (Å²) in [4.78, 5) is 4.72. The highest BCUT2D eigenvalue weighted by atomic mass is 35.5. The molecule has 2 unspecified atom stereocenters. The summed E-state index contributed by atoms with van der Waals surface area (Å²) < 4.78 is 25.8. The van der Waals surface area contributed by atoms with Gasteiger partial charge in [0.05, 0.1) is 30.0 Å². The number of aryl methyl sites for hydroxylation is 1. The van der Waals surface area contributed by atoms with Crippen LogP contribution in [0.25, 0.3) is 0 Å². The summed E-state index contributed by atoms with van der Waals surface area (Å²) in [5, 5.41) is 6.11. The van der Waals surface area contributed by atoms with Crippen molar-refractivity contribution in [2.45, 2.75) is 90.8 Å². The summed E-state index contributed by atoms with van der Waals surface area (Å²) in [6, 6.07) is 21.4. The molecule has 244 valence electrons. The molecule has 1 aliphatic heterocycles. The number of aromatic nitrogens is 1. The first-order valence-electron chi connectivity index (χ1n) is 16.1. The van der Waals surface area contributed by atoms with Gasteiger partial charge in [-0.15, -0.1) is 11.3 Å². The third-order valence-electron chi connectivity index (χ3n) is 8.34. The third-order valence-corrected chi connectivity index (χ3v) is 14.4. The predicted octanol–water partition coefficient (Wildman–Crippen LogP) is 8.72. The van der Waals surface area contributed by atoms with Crippen LogP contribution in [0.3, 0.4) is 0 Å². The molecule has 0 bridgehead atoms. The van der Waals surface area contributed by atoms with Crippen molar-refractivity contribution in [1.82, 2.24) is 4.98 Å². The molecule has 2 aromatic carbocycles. The quantitative estimate of drug-likeness (QED) is 0.120. The van der Waals surface area contributed by atoms with Crippen molar-refractivity contribution in [3.8, 4) is 0 Å². The molecule has 4 rings (SSSR count). The van der Waals surface area contributed by atoms with Crippen molar-refractivity contribution in [3.63, 3.8) is 0 Å². The van der Waals surface area contributed by atoms with Crippen LogP contribution in [0.4, 0.5) is 0 Å². The van der Waals surface area contributed by atoms with Crippen molar-refractivity contribution < 1.29 is 18.6 Å². The molecule has 0 radical (unpaired) electrons. The van der Waals surface area contributed by atoms with Crippen LogP contribution in [0.5, 0.6) is 0 Å². The SMILES string of the molecule is C=C(C)[C@H](C/C=C(\Cl)COC[C@H](C)C(OC1CCCCO1)c1csc(C)n1)O[Si](c1ccccc1)(c1ccccc1)C(C)(C)C. The molecule has 0 spiro atoms. The van der Waals surface area contributed by atoms with Gasteiger partial charge in [-0.1, -0.05) is 118 Å². The highest BCUT2D eigenvalue weighted by molar-refractivity contribution is 7.09. The molecular weight excluding hydrogens is 618 g/mol. The topological polar surface area (TPSA) is 49.8 Å². The Hall–Kier alpha value is -2.10. The number of rotatable bonds is 15. The smallest absolute Gasteiger partial charge is 0.261 e. The van der Waals surface area contributed by atoms with Gasteiger partial charge in [0.15, 0.2) is 6.29 Å². The summed E-state index contributed by atoms with van der Waals surface area (Å²) >= 11 is 8.40. The maximum atomic E-state index is 7.34. The van der Waals surface area contributed by atoms with Gasteiger partial charge in [0.2, 0.25) is 0 Å². The van der Waals surface area contributed by atoms with Gasteiger partial charge in [0, 0.05) is 22.9 Å². The van der Waals surface area contributed by atoms with E-state index in [1.54, 1.807) is 11.3 Å². The van der Waals surface area contributed by atoms with Crippen molar-refractivity contribution >= 4 is 41.6 Å². The maximum Gasteiger partial charge on any atom is 0.261 e. The Morgan fingerprint density at radius 3 is 2.27 bits per heavy atom. The molecule has 1 saturated heterocycles. The van der Waals surface area contributed by atoms with Gasteiger partial charge in [-0.05, 0) is 54.9 Å². The van der Waals surface area contributed by atoms with Gasteiger partial charge in [-0.2, -0.15) is 0 Å². The van der Waals surface area contributed by atoms with Crippen molar-refractivity contribution in [1.29, 1.82) is 0 Å². The predicted molar refractivity (Wildman–Crippen MR) is 190 cm³/mol. The summed E-state index contributed by atoms with van der Waals surface area (Å²) in [5.41, 5.74) is 1.91. The van der Waals surface area contributed by atoms with Gasteiger partial charge in [0.1, 0.15) is 6.10 Å². The summed E-state index contributed by atoms with van der Waals surface area (Å²) in [7, 11) is -2.74. The number of ether oxygens (including phenoxy) is 3. The van der Waals surface area contributed by atoms with E-state index in [1.807, 2.05) is 19.9 Å².